The van der Waals surface area contributed by atoms with Crippen LogP contribution in [0.1, 0.15) is 0 Å². The van der Waals surface area contributed by atoms with Crippen molar-refractivity contribution in [1.29, 1.82) is 0 Å². The van der Waals surface area contributed by atoms with Crippen LogP contribution >= 0.6 is 23.3 Å². The van der Waals surface area contributed by atoms with Gasteiger partial charge in [0.1, 0.15) is 0 Å². The number of rotatable bonds is 0. The normalized spacial score (nSPS) is 1.20. The van der Waals surface area contributed by atoms with Gasteiger partial charge in [-0.05, 0) is 0 Å². The first-order valence-electron chi connectivity index (χ1n) is 0.200. The van der Waals surface area contributed by atoms with Gasteiger partial charge in [-0.3, -0.25) is 0 Å². The molecule has 0 unspecified atom stereocenters. The van der Waals surface area contributed by atoms with E-state index in [1.807, 2.05) is 0 Å². The first kappa shape index (κ1) is 26.8. The third kappa shape index (κ3) is 22.3. The monoisotopic (exact) mass is 312 g/mol. The van der Waals surface area contributed by atoms with Crippen LogP contribution in [0, 0.1) is 0 Å². The van der Waals surface area contributed by atoms with Crippen molar-refractivity contribution in [3.63, 3.8) is 0 Å². The molecule has 0 aliphatic heterocycles. The molecule has 0 aromatic rings. The van der Waals surface area contributed by atoms with Gasteiger partial charge in [-0.1, -0.05) is 0 Å². The third-order valence-electron chi connectivity index (χ3n) is 0. The number of hydrogen-bond acceptors (Lipinski definition) is 2. The molecule has 0 bridgehead atoms. The fourth-order valence-electron chi connectivity index (χ4n) is 0. The molecule has 0 aromatic heterocycles. The summed E-state index contributed by atoms with van der Waals surface area (Å²) in [5.74, 6) is 0. The van der Waals surface area contributed by atoms with Crippen LogP contribution in [0.25, 0.3) is 0 Å². The van der Waals surface area contributed by atoms with Gasteiger partial charge in [0, 0.05) is 0 Å². The van der Waals surface area contributed by atoms with E-state index in [-0.39, 0.29) is 51.2 Å². The van der Waals surface area contributed by atoms with Gasteiger partial charge in [0.2, 0.25) is 0 Å². The Bertz CT molecular complexity index is 4.85. The second kappa shape index (κ2) is 33.9. The third-order valence-corrected chi connectivity index (χ3v) is 0. The van der Waals surface area contributed by atoms with Crippen molar-refractivity contribution < 1.29 is 0 Å². The summed E-state index contributed by atoms with van der Waals surface area (Å²) in [6, 6.07) is 0. The zero-order valence-electron chi connectivity index (χ0n) is 2.39. The molecule has 0 fully saturated rings. The average molecular weight is 309 g/mol. The molecular weight excluding hydrogens is 301 g/mol. The van der Waals surface area contributed by atoms with Crippen molar-refractivity contribution in [3.05, 3.63) is 0 Å². The maximum absolute atomic E-state index is 3.22. The molecule has 0 spiro atoms. The summed E-state index contributed by atoms with van der Waals surface area (Å²) in [5.41, 5.74) is 0. The Morgan fingerprint density at radius 1 is 0.600 bits per heavy atom. The summed E-state index contributed by atoms with van der Waals surface area (Å²) in [5, 5.41) is 0. The molecule has 38 valence electrons. The van der Waals surface area contributed by atoms with Gasteiger partial charge in [0.25, 0.3) is 0 Å². The van der Waals surface area contributed by atoms with Crippen molar-refractivity contribution in [3.8, 4) is 0 Å². The topological polar surface area (TPSA) is 0 Å². The van der Waals surface area contributed by atoms with Gasteiger partial charge < -0.3 is 0 Å². The molecular formula is H8S2Se3. The minimum absolute atomic E-state index is 0. The summed E-state index contributed by atoms with van der Waals surface area (Å²) in [4.78, 5) is 0. The van der Waals surface area contributed by atoms with Crippen molar-refractivity contribution in [1.82, 2.24) is 0 Å². The summed E-state index contributed by atoms with van der Waals surface area (Å²) < 4.78 is 0. The van der Waals surface area contributed by atoms with Crippen LogP contribution in [-0.4, -0.2) is 51.2 Å². The molecule has 0 aliphatic rings. The van der Waals surface area contributed by atoms with Crippen molar-refractivity contribution in [2.75, 3.05) is 0 Å². The fraction of sp³-hybridized carbons (Fsp3) is 0. The van der Waals surface area contributed by atoms with Crippen LogP contribution in [0.15, 0.2) is 0 Å². The Labute approximate surface area is 73.9 Å². The van der Waals surface area contributed by atoms with Crippen LogP contribution in [0.3, 0.4) is 0 Å². The molecule has 0 heterocycles. The molecule has 0 radical (unpaired) electrons. The van der Waals surface area contributed by atoms with Gasteiger partial charge >= 0.3 is 51.2 Å². The summed E-state index contributed by atoms with van der Waals surface area (Å²) in [7, 11) is 0. The molecule has 0 saturated heterocycles. The van der Waals surface area contributed by atoms with Crippen molar-refractivity contribution in [2.24, 2.45) is 0 Å². The van der Waals surface area contributed by atoms with Crippen LogP contribution in [-0.2, 0) is 0 Å². The Kier molecular flexibility index (Phi) is 182. The van der Waals surface area contributed by atoms with Gasteiger partial charge in [0.15, 0.2) is 0 Å². The molecule has 0 atom stereocenters. The predicted molar refractivity (Wildman–Crippen MR) is 43.6 cm³/mol. The Morgan fingerprint density at radius 2 is 0.600 bits per heavy atom. The van der Waals surface area contributed by atoms with Gasteiger partial charge in [-0.15, -0.1) is 23.3 Å². The van der Waals surface area contributed by atoms with E-state index in [0.29, 0.717) is 0 Å². The van der Waals surface area contributed by atoms with E-state index in [1.54, 1.807) is 0 Å². The van der Waals surface area contributed by atoms with E-state index in [2.05, 4.69) is 23.3 Å². The SMILES string of the molecule is SS.[SeH2].[SeH2].[SeH2]. The summed E-state index contributed by atoms with van der Waals surface area (Å²) in [6.45, 7) is 0. The molecule has 0 amide bonds. The first-order valence-corrected chi connectivity index (χ1v) is 1.80. The Balaban J connectivity index is -0.00000000167. The average Bonchev–Trinajstić information content (AvgIpc) is 1.00. The van der Waals surface area contributed by atoms with Gasteiger partial charge in [-0.2, -0.15) is 0 Å². The van der Waals surface area contributed by atoms with E-state index < -0.39 is 0 Å². The van der Waals surface area contributed by atoms with E-state index >= 15 is 0 Å². The van der Waals surface area contributed by atoms with E-state index in [4.69, 9.17) is 0 Å². The quantitative estimate of drug-likeness (QED) is 0.289. The maximum atomic E-state index is 3.22. The molecule has 0 N–H and O–H groups in total. The van der Waals surface area contributed by atoms with Crippen LogP contribution in [0.2, 0.25) is 0 Å². The van der Waals surface area contributed by atoms with Gasteiger partial charge in [0.05, 0.1) is 0 Å². The van der Waals surface area contributed by atoms with Crippen LogP contribution in [0.5, 0.6) is 0 Å². The predicted octanol–water partition coefficient (Wildman–Crippen LogP) is -1.99. The standard InChI is InChI=1S/H2S2.3H2Se/c1-2;;;/h1-2H;3*1H2. The zero-order chi connectivity index (χ0) is 2.00. The van der Waals surface area contributed by atoms with E-state index in [9.17, 15) is 0 Å². The Morgan fingerprint density at radius 3 is 0.600 bits per heavy atom. The number of thiol groups is 2. The molecule has 5 heteroatoms. The van der Waals surface area contributed by atoms with E-state index in [0.717, 1.165) is 0 Å². The van der Waals surface area contributed by atoms with Crippen molar-refractivity contribution >= 4 is 74.5 Å². The zero-order valence-corrected chi connectivity index (χ0v) is 10.5. The Hall–Kier alpha value is 2.26. The molecule has 0 aliphatic carbocycles. The van der Waals surface area contributed by atoms with Crippen LogP contribution < -0.4 is 0 Å². The minimum atomic E-state index is 0. The molecule has 0 rings (SSSR count). The summed E-state index contributed by atoms with van der Waals surface area (Å²) >= 11 is 6.44. The van der Waals surface area contributed by atoms with Crippen LogP contribution in [0.4, 0.5) is 0 Å². The molecule has 5 heavy (non-hydrogen) atoms. The second-order valence-corrected chi connectivity index (χ2v) is 0. The van der Waals surface area contributed by atoms with E-state index in [1.165, 1.54) is 0 Å². The first-order chi connectivity index (χ1) is 1.00. The molecule has 0 aromatic carbocycles. The number of hydrogen-bond donors (Lipinski definition) is 2. The van der Waals surface area contributed by atoms with Gasteiger partial charge in [-0.25, -0.2) is 0 Å². The molecule has 0 nitrogen and oxygen atoms in total. The fourth-order valence-corrected chi connectivity index (χ4v) is 0. The van der Waals surface area contributed by atoms with Crippen molar-refractivity contribution in [2.45, 2.75) is 0 Å². The molecule has 0 saturated carbocycles. The second-order valence-electron chi connectivity index (χ2n) is 0. The summed E-state index contributed by atoms with van der Waals surface area (Å²) in [6.07, 6.45) is 0.